The normalized spacial score (nSPS) is 19.4. The fraction of sp³-hybridized carbons (Fsp3) is 0.350. The summed E-state index contributed by atoms with van der Waals surface area (Å²) >= 11 is 0. The number of benzene rings is 2. The van der Waals surface area contributed by atoms with Crippen LogP contribution in [-0.4, -0.2) is 36.2 Å². The highest BCUT2D eigenvalue weighted by Gasteiger charge is 2.38. The van der Waals surface area contributed by atoms with Crippen LogP contribution in [0.25, 0.3) is 0 Å². The minimum Gasteiger partial charge on any atom is -0.488 e. The number of Topliss-reactive ketones (excluding diaryl/α,β-unsaturated/α-hetero) is 1. The molecule has 1 aliphatic rings. The standard InChI is InChI=1S/C20H20F3NO4/c21-20(22,23)15-3-1-2-4-17(15)28-18-9-10-24-19(18)16(26)12-27-14-7-5-13(11-25)6-8-14/h1-8,18-19,24-25H,9-12H2/t18?,19-/m1/s1. The number of ether oxygens (including phenoxy) is 2. The van der Waals surface area contributed by atoms with Crippen LogP contribution in [0.5, 0.6) is 11.5 Å². The Morgan fingerprint density at radius 2 is 1.86 bits per heavy atom. The van der Waals surface area contributed by atoms with E-state index >= 15 is 0 Å². The second kappa shape index (κ2) is 8.62. The van der Waals surface area contributed by atoms with Crippen LogP contribution in [0.1, 0.15) is 17.5 Å². The Labute approximate surface area is 160 Å². The molecule has 2 N–H and O–H groups in total. The zero-order chi connectivity index (χ0) is 20.1. The van der Waals surface area contributed by atoms with Crippen molar-refractivity contribution in [3.05, 3.63) is 59.7 Å². The number of alkyl halides is 3. The molecule has 8 heteroatoms. The molecule has 0 bridgehead atoms. The molecule has 1 fully saturated rings. The summed E-state index contributed by atoms with van der Waals surface area (Å²) in [6.45, 7) is 0.126. The van der Waals surface area contributed by atoms with E-state index in [2.05, 4.69) is 5.32 Å². The second-order valence-corrected chi connectivity index (χ2v) is 6.43. The number of carbonyl (C=O) groups is 1. The van der Waals surface area contributed by atoms with Crippen LogP contribution < -0.4 is 14.8 Å². The first-order valence-electron chi connectivity index (χ1n) is 8.80. The average Bonchev–Trinajstić information content (AvgIpc) is 3.14. The van der Waals surface area contributed by atoms with E-state index in [0.717, 1.165) is 6.07 Å². The van der Waals surface area contributed by atoms with E-state index in [0.29, 0.717) is 24.3 Å². The van der Waals surface area contributed by atoms with Crippen LogP contribution in [0.3, 0.4) is 0 Å². The van der Waals surface area contributed by atoms with E-state index in [4.69, 9.17) is 14.6 Å². The third-order valence-corrected chi connectivity index (χ3v) is 4.47. The van der Waals surface area contributed by atoms with Gasteiger partial charge in [-0.15, -0.1) is 0 Å². The summed E-state index contributed by atoms with van der Waals surface area (Å²) in [5.74, 6) is -0.135. The van der Waals surface area contributed by atoms with E-state index in [1.165, 1.54) is 18.2 Å². The minimum absolute atomic E-state index is 0.0936. The molecule has 1 saturated heterocycles. The second-order valence-electron chi connectivity index (χ2n) is 6.43. The van der Waals surface area contributed by atoms with Crippen LogP contribution in [-0.2, 0) is 17.6 Å². The van der Waals surface area contributed by atoms with Crippen molar-refractivity contribution >= 4 is 5.78 Å². The molecule has 5 nitrogen and oxygen atoms in total. The average molecular weight is 395 g/mol. The highest BCUT2D eigenvalue weighted by atomic mass is 19.4. The predicted molar refractivity (Wildman–Crippen MR) is 95.1 cm³/mol. The zero-order valence-corrected chi connectivity index (χ0v) is 14.9. The molecule has 2 aromatic carbocycles. The number of hydrogen-bond acceptors (Lipinski definition) is 5. The van der Waals surface area contributed by atoms with Gasteiger partial charge in [-0.2, -0.15) is 13.2 Å². The number of ketones is 1. The third-order valence-electron chi connectivity index (χ3n) is 4.47. The molecule has 0 aliphatic carbocycles. The fourth-order valence-corrected chi connectivity index (χ4v) is 3.03. The van der Waals surface area contributed by atoms with E-state index in [-0.39, 0.29) is 24.7 Å². The van der Waals surface area contributed by atoms with Gasteiger partial charge in [0.25, 0.3) is 0 Å². The Hall–Kier alpha value is -2.58. The van der Waals surface area contributed by atoms with Gasteiger partial charge in [0.05, 0.1) is 12.2 Å². The van der Waals surface area contributed by atoms with Gasteiger partial charge in [0.15, 0.2) is 5.78 Å². The van der Waals surface area contributed by atoms with Crippen molar-refractivity contribution in [2.75, 3.05) is 13.2 Å². The lowest BCUT2D eigenvalue weighted by molar-refractivity contribution is -0.139. The van der Waals surface area contributed by atoms with E-state index < -0.39 is 23.9 Å². The first-order valence-corrected chi connectivity index (χ1v) is 8.80. The van der Waals surface area contributed by atoms with Crippen molar-refractivity contribution in [3.63, 3.8) is 0 Å². The largest absolute Gasteiger partial charge is 0.488 e. The molecule has 2 atom stereocenters. The summed E-state index contributed by atoms with van der Waals surface area (Å²) in [4.78, 5) is 12.5. The lowest BCUT2D eigenvalue weighted by Crippen LogP contribution is -2.43. The molecular weight excluding hydrogens is 375 g/mol. The van der Waals surface area contributed by atoms with Gasteiger partial charge in [-0.05, 0) is 42.8 Å². The lowest BCUT2D eigenvalue weighted by Gasteiger charge is -2.22. The number of halogens is 3. The summed E-state index contributed by atoms with van der Waals surface area (Å²) in [5.41, 5.74) is -0.152. The molecule has 3 rings (SSSR count). The summed E-state index contributed by atoms with van der Waals surface area (Å²) in [5, 5.41) is 12.0. The first kappa shape index (κ1) is 20.2. The van der Waals surface area contributed by atoms with Crippen LogP contribution in [0, 0.1) is 0 Å². The summed E-state index contributed by atoms with van der Waals surface area (Å²) < 4.78 is 50.4. The Balaban J connectivity index is 1.63. The molecule has 1 heterocycles. The highest BCUT2D eigenvalue weighted by Crippen LogP contribution is 2.37. The quantitative estimate of drug-likeness (QED) is 0.755. The smallest absolute Gasteiger partial charge is 0.419 e. The lowest BCUT2D eigenvalue weighted by atomic mass is 10.1. The van der Waals surface area contributed by atoms with Crippen LogP contribution in [0.2, 0.25) is 0 Å². The Bertz CT molecular complexity index is 808. The van der Waals surface area contributed by atoms with Crippen LogP contribution in [0.15, 0.2) is 48.5 Å². The zero-order valence-electron chi connectivity index (χ0n) is 14.9. The summed E-state index contributed by atoms with van der Waals surface area (Å²) in [6, 6.07) is 10.8. The maximum Gasteiger partial charge on any atom is 0.419 e. The number of carbonyl (C=O) groups excluding carboxylic acids is 1. The van der Waals surface area contributed by atoms with Gasteiger partial charge in [-0.1, -0.05) is 24.3 Å². The van der Waals surface area contributed by atoms with Gasteiger partial charge in [-0.25, -0.2) is 0 Å². The van der Waals surface area contributed by atoms with E-state index in [1.54, 1.807) is 24.3 Å². The third kappa shape index (κ3) is 4.82. The number of aliphatic hydroxyl groups excluding tert-OH is 1. The molecule has 1 unspecified atom stereocenters. The van der Waals surface area contributed by atoms with Crippen molar-refractivity contribution in [1.29, 1.82) is 0 Å². The van der Waals surface area contributed by atoms with E-state index in [1.807, 2.05) is 0 Å². The number of rotatable bonds is 7. The fourth-order valence-electron chi connectivity index (χ4n) is 3.03. The molecule has 2 aromatic rings. The van der Waals surface area contributed by atoms with Crippen LogP contribution >= 0.6 is 0 Å². The summed E-state index contributed by atoms with van der Waals surface area (Å²) in [6.07, 6.45) is -4.84. The molecule has 0 saturated carbocycles. The molecule has 0 aromatic heterocycles. The molecule has 150 valence electrons. The maximum atomic E-state index is 13.1. The molecule has 0 amide bonds. The van der Waals surface area contributed by atoms with Gasteiger partial charge in [0.2, 0.25) is 0 Å². The van der Waals surface area contributed by atoms with Crippen molar-refractivity contribution in [1.82, 2.24) is 5.32 Å². The predicted octanol–water partition coefficient (Wildman–Crippen LogP) is 2.96. The molecule has 0 radical (unpaired) electrons. The van der Waals surface area contributed by atoms with E-state index in [9.17, 15) is 18.0 Å². The molecule has 0 spiro atoms. The van der Waals surface area contributed by atoms with Gasteiger partial charge < -0.3 is 19.9 Å². The minimum atomic E-state index is -4.54. The summed E-state index contributed by atoms with van der Waals surface area (Å²) in [7, 11) is 0. The molecule has 28 heavy (non-hydrogen) atoms. The van der Waals surface area contributed by atoms with Gasteiger partial charge in [0, 0.05) is 0 Å². The number of hydrogen-bond donors (Lipinski definition) is 2. The van der Waals surface area contributed by atoms with Crippen molar-refractivity contribution < 1.29 is 32.5 Å². The molecule has 1 aliphatic heterocycles. The number of nitrogens with one attached hydrogen (secondary N) is 1. The van der Waals surface area contributed by atoms with Crippen molar-refractivity contribution in [3.8, 4) is 11.5 Å². The van der Waals surface area contributed by atoms with Gasteiger partial charge >= 0.3 is 6.18 Å². The maximum absolute atomic E-state index is 13.1. The van der Waals surface area contributed by atoms with Crippen molar-refractivity contribution in [2.45, 2.75) is 31.3 Å². The Morgan fingerprint density at radius 1 is 1.14 bits per heavy atom. The van der Waals surface area contributed by atoms with Crippen molar-refractivity contribution in [2.24, 2.45) is 0 Å². The monoisotopic (exact) mass is 395 g/mol. The van der Waals surface area contributed by atoms with Crippen LogP contribution in [0.4, 0.5) is 13.2 Å². The Kier molecular flexibility index (Phi) is 6.21. The highest BCUT2D eigenvalue weighted by molar-refractivity contribution is 5.86. The Morgan fingerprint density at radius 3 is 2.54 bits per heavy atom. The first-order chi connectivity index (χ1) is 13.4. The number of aliphatic hydroxyl groups is 1. The molecular formula is C20H20F3NO4. The van der Waals surface area contributed by atoms with Gasteiger partial charge in [0.1, 0.15) is 30.3 Å². The number of para-hydroxylation sites is 1. The SMILES string of the molecule is O=C(COc1ccc(CO)cc1)[C@H]1NCCC1Oc1ccccc1C(F)(F)F. The van der Waals surface area contributed by atoms with Gasteiger partial charge in [-0.3, -0.25) is 4.79 Å². The topological polar surface area (TPSA) is 67.8 Å².